The number of morpholine rings is 1. The highest BCUT2D eigenvalue weighted by atomic mass is 32.1. The van der Waals surface area contributed by atoms with Gasteiger partial charge in [-0.05, 0) is 23.4 Å². The summed E-state index contributed by atoms with van der Waals surface area (Å²) >= 11 is 1.73. The van der Waals surface area contributed by atoms with Crippen molar-refractivity contribution in [3.05, 3.63) is 22.6 Å². The van der Waals surface area contributed by atoms with Crippen LogP contribution in [-0.4, -0.2) is 37.9 Å². The van der Waals surface area contributed by atoms with Crippen molar-refractivity contribution in [2.24, 2.45) is 0 Å². The zero-order valence-electron chi connectivity index (χ0n) is 10.7. The second kappa shape index (κ2) is 4.74. The molecule has 0 radical (unpaired) electrons. The third-order valence-electron chi connectivity index (χ3n) is 3.86. The molecular formula is C14H16N2O2S. The number of thiophene rings is 1. The van der Waals surface area contributed by atoms with Gasteiger partial charge in [0.15, 0.2) is 0 Å². The molecule has 19 heavy (non-hydrogen) atoms. The Bertz CT molecular complexity index is 605. The van der Waals surface area contributed by atoms with Gasteiger partial charge in [0.1, 0.15) is 10.6 Å². The topological polar surface area (TPSA) is 34.6 Å². The molecule has 4 rings (SSSR count). The van der Waals surface area contributed by atoms with E-state index in [4.69, 9.17) is 14.5 Å². The Morgan fingerprint density at radius 2 is 2.00 bits per heavy atom. The second-order valence-corrected chi connectivity index (χ2v) is 5.83. The summed E-state index contributed by atoms with van der Waals surface area (Å²) in [7, 11) is 0. The van der Waals surface area contributed by atoms with Gasteiger partial charge < -0.3 is 14.4 Å². The van der Waals surface area contributed by atoms with Gasteiger partial charge in [0.25, 0.3) is 0 Å². The number of aromatic nitrogens is 1. The summed E-state index contributed by atoms with van der Waals surface area (Å²) in [6, 6.07) is 2.19. The third-order valence-corrected chi connectivity index (χ3v) is 4.67. The molecule has 1 fully saturated rings. The molecule has 0 bridgehead atoms. The van der Waals surface area contributed by atoms with Crippen LogP contribution in [0.4, 0.5) is 5.82 Å². The molecule has 0 saturated carbocycles. The first kappa shape index (κ1) is 11.6. The van der Waals surface area contributed by atoms with Crippen molar-refractivity contribution in [2.45, 2.75) is 13.0 Å². The molecule has 0 aromatic carbocycles. The maximum atomic E-state index is 5.66. The number of pyridine rings is 1. The van der Waals surface area contributed by atoms with Gasteiger partial charge in [-0.25, -0.2) is 4.98 Å². The first-order valence-electron chi connectivity index (χ1n) is 6.73. The van der Waals surface area contributed by atoms with Crippen molar-refractivity contribution >= 4 is 27.4 Å². The molecule has 0 aliphatic carbocycles. The monoisotopic (exact) mass is 276 g/mol. The predicted octanol–water partition coefficient (Wildman–Crippen LogP) is 2.21. The average Bonchev–Trinajstić information content (AvgIpc) is 2.96. The Kier molecular flexibility index (Phi) is 2.90. The van der Waals surface area contributed by atoms with E-state index < -0.39 is 0 Å². The van der Waals surface area contributed by atoms with Crippen LogP contribution in [0.2, 0.25) is 0 Å². The molecular weight excluding hydrogens is 260 g/mol. The van der Waals surface area contributed by atoms with Gasteiger partial charge in [-0.1, -0.05) is 0 Å². The van der Waals surface area contributed by atoms with Crippen LogP contribution in [0.1, 0.15) is 11.1 Å². The maximum absolute atomic E-state index is 5.66. The highest BCUT2D eigenvalue weighted by Crippen LogP contribution is 2.34. The summed E-state index contributed by atoms with van der Waals surface area (Å²) in [5, 5.41) is 3.46. The lowest BCUT2D eigenvalue weighted by molar-refractivity contribution is 0.109. The highest BCUT2D eigenvalue weighted by molar-refractivity contribution is 7.16. The minimum atomic E-state index is 0.695. The van der Waals surface area contributed by atoms with Crippen molar-refractivity contribution in [1.82, 2.24) is 4.98 Å². The normalized spacial score (nSPS) is 19.7. The Morgan fingerprint density at radius 3 is 2.89 bits per heavy atom. The van der Waals surface area contributed by atoms with E-state index in [1.165, 1.54) is 16.5 Å². The summed E-state index contributed by atoms with van der Waals surface area (Å²) in [5.74, 6) is 1.12. The fourth-order valence-corrected chi connectivity index (χ4v) is 3.69. The first-order valence-corrected chi connectivity index (χ1v) is 7.61. The van der Waals surface area contributed by atoms with E-state index in [-0.39, 0.29) is 0 Å². The van der Waals surface area contributed by atoms with Gasteiger partial charge in [0.05, 0.1) is 26.4 Å². The van der Waals surface area contributed by atoms with Crippen LogP contribution in [0.5, 0.6) is 0 Å². The molecule has 4 heterocycles. The number of rotatable bonds is 1. The van der Waals surface area contributed by atoms with E-state index in [1.807, 2.05) is 0 Å². The lowest BCUT2D eigenvalue weighted by Crippen LogP contribution is -2.38. The summed E-state index contributed by atoms with van der Waals surface area (Å²) in [4.78, 5) is 8.38. The fraction of sp³-hybridized carbons (Fsp3) is 0.500. The molecule has 5 heteroatoms. The molecule has 2 aliphatic rings. The molecule has 100 valence electrons. The Balaban J connectivity index is 1.88. The standard InChI is InChI=1S/C14H16N2O2S/c1-5-18-9-12-10(1)11-2-8-19-14(11)15-13(12)16-3-6-17-7-4-16/h2,8H,1,3-7,9H2. The number of ether oxygens (including phenoxy) is 2. The fourth-order valence-electron chi connectivity index (χ4n) is 2.90. The van der Waals surface area contributed by atoms with Crippen LogP contribution in [0.3, 0.4) is 0 Å². The highest BCUT2D eigenvalue weighted by Gasteiger charge is 2.23. The summed E-state index contributed by atoms with van der Waals surface area (Å²) in [5.41, 5.74) is 2.73. The SMILES string of the molecule is c1cc2c3c(c(N4CCOCC4)nc2s1)COCC3. The van der Waals surface area contributed by atoms with E-state index in [0.717, 1.165) is 50.0 Å². The Hall–Kier alpha value is -1.17. The number of hydrogen-bond acceptors (Lipinski definition) is 5. The van der Waals surface area contributed by atoms with Crippen molar-refractivity contribution in [2.75, 3.05) is 37.8 Å². The molecule has 0 atom stereocenters. The van der Waals surface area contributed by atoms with E-state index >= 15 is 0 Å². The Labute approximate surface area is 116 Å². The van der Waals surface area contributed by atoms with Crippen molar-refractivity contribution in [1.29, 1.82) is 0 Å². The average molecular weight is 276 g/mol. The zero-order valence-corrected chi connectivity index (χ0v) is 11.5. The van der Waals surface area contributed by atoms with E-state index in [1.54, 1.807) is 11.3 Å². The summed E-state index contributed by atoms with van der Waals surface area (Å²) in [6.45, 7) is 4.96. The number of nitrogens with zero attached hydrogens (tertiary/aromatic N) is 2. The second-order valence-electron chi connectivity index (χ2n) is 4.93. The van der Waals surface area contributed by atoms with Gasteiger partial charge in [-0.15, -0.1) is 11.3 Å². The van der Waals surface area contributed by atoms with Crippen LogP contribution in [0.15, 0.2) is 11.4 Å². The largest absolute Gasteiger partial charge is 0.378 e. The molecule has 2 aromatic rings. The van der Waals surface area contributed by atoms with Crippen LogP contribution in [-0.2, 0) is 22.5 Å². The molecule has 1 saturated heterocycles. The van der Waals surface area contributed by atoms with Crippen LogP contribution in [0.25, 0.3) is 10.2 Å². The van der Waals surface area contributed by atoms with E-state index in [9.17, 15) is 0 Å². The lowest BCUT2D eigenvalue weighted by Gasteiger charge is -2.31. The van der Waals surface area contributed by atoms with Crippen LogP contribution >= 0.6 is 11.3 Å². The zero-order chi connectivity index (χ0) is 12.7. The molecule has 0 unspecified atom stereocenters. The maximum Gasteiger partial charge on any atom is 0.136 e. The minimum absolute atomic E-state index is 0.695. The molecule has 2 aliphatic heterocycles. The molecule has 0 amide bonds. The van der Waals surface area contributed by atoms with Crippen molar-refractivity contribution in [3.63, 3.8) is 0 Å². The van der Waals surface area contributed by atoms with Gasteiger partial charge in [0, 0.05) is 24.0 Å². The smallest absolute Gasteiger partial charge is 0.136 e. The van der Waals surface area contributed by atoms with Crippen LogP contribution < -0.4 is 4.90 Å². The Morgan fingerprint density at radius 1 is 1.11 bits per heavy atom. The quantitative estimate of drug-likeness (QED) is 0.800. The summed E-state index contributed by atoms with van der Waals surface area (Å²) in [6.07, 6.45) is 1.00. The summed E-state index contributed by atoms with van der Waals surface area (Å²) < 4.78 is 11.1. The van der Waals surface area contributed by atoms with Crippen molar-refractivity contribution in [3.8, 4) is 0 Å². The van der Waals surface area contributed by atoms with E-state index in [0.29, 0.717) is 6.61 Å². The number of hydrogen-bond donors (Lipinski definition) is 0. The third kappa shape index (κ3) is 1.93. The molecule has 4 nitrogen and oxygen atoms in total. The molecule has 2 aromatic heterocycles. The van der Waals surface area contributed by atoms with Crippen molar-refractivity contribution < 1.29 is 9.47 Å². The van der Waals surface area contributed by atoms with E-state index in [2.05, 4.69) is 16.3 Å². The van der Waals surface area contributed by atoms with Gasteiger partial charge in [-0.2, -0.15) is 0 Å². The first-order chi connectivity index (χ1) is 9.43. The number of fused-ring (bicyclic) bond motifs is 3. The number of anilines is 1. The van der Waals surface area contributed by atoms with Gasteiger partial charge in [-0.3, -0.25) is 0 Å². The van der Waals surface area contributed by atoms with Gasteiger partial charge in [0.2, 0.25) is 0 Å². The minimum Gasteiger partial charge on any atom is -0.378 e. The molecule has 0 N–H and O–H groups in total. The molecule has 0 spiro atoms. The van der Waals surface area contributed by atoms with Gasteiger partial charge >= 0.3 is 0 Å². The van der Waals surface area contributed by atoms with Crippen LogP contribution in [0, 0.1) is 0 Å². The lowest BCUT2D eigenvalue weighted by atomic mass is 10.0. The predicted molar refractivity (Wildman–Crippen MR) is 76.0 cm³/mol.